The fourth-order valence-electron chi connectivity index (χ4n) is 5.22. The molecule has 270 valence electrons. The van der Waals surface area contributed by atoms with Crippen LogP contribution in [-0.2, 0) is 30.5 Å². The van der Waals surface area contributed by atoms with Gasteiger partial charge < -0.3 is 30.3 Å². The van der Waals surface area contributed by atoms with E-state index in [9.17, 15) is 19.2 Å². The zero-order chi connectivity index (χ0) is 36.5. The van der Waals surface area contributed by atoms with Gasteiger partial charge in [0, 0.05) is 13.1 Å². The van der Waals surface area contributed by atoms with Crippen molar-refractivity contribution in [3.8, 4) is 0 Å². The molecular weight excluding hydrogens is 657 g/mol. The third-order valence-electron chi connectivity index (χ3n) is 8.25. The van der Waals surface area contributed by atoms with Crippen molar-refractivity contribution in [2.75, 3.05) is 25.0 Å². The van der Waals surface area contributed by atoms with Gasteiger partial charge in [0.1, 0.15) is 28.8 Å². The highest BCUT2D eigenvalue weighted by molar-refractivity contribution is 7.98. The second-order valence-corrected chi connectivity index (χ2v) is 15.3. The number of anilines is 1. The van der Waals surface area contributed by atoms with Crippen molar-refractivity contribution in [3.05, 3.63) is 83.8 Å². The van der Waals surface area contributed by atoms with Gasteiger partial charge in [-0.2, -0.15) is 0 Å². The van der Waals surface area contributed by atoms with Crippen molar-refractivity contribution in [1.82, 2.24) is 24.5 Å². The molecule has 4 amide bonds. The van der Waals surface area contributed by atoms with Gasteiger partial charge in [0.2, 0.25) is 11.8 Å². The standard InChI is InChI=1S/C37H50N6O6S/c1-25-18-20-42(21-19-25)33(45)30(28-16-12-9-13-17-28)50-43-24-38-31(26(43)2)40-32(44)29(23-48-22-27-14-10-8-11-15-27)39-34(46)37(6,7)41-35(47)49-36(3,4)5/h8-17,24-25,29-30H,18-23H2,1-7H3,(H,39,46)(H,40,44)(H,41,47)/t29-,30?/m1/s1. The third-order valence-corrected chi connectivity index (χ3v) is 9.53. The lowest BCUT2D eigenvalue weighted by atomic mass is 9.98. The van der Waals surface area contributed by atoms with E-state index in [1.54, 1.807) is 38.0 Å². The Bertz CT molecular complexity index is 1600. The predicted octanol–water partition coefficient (Wildman–Crippen LogP) is 5.63. The molecule has 0 aliphatic carbocycles. The summed E-state index contributed by atoms with van der Waals surface area (Å²) in [5, 5.41) is 7.62. The van der Waals surface area contributed by atoms with Gasteiger partial charge in [-0.15, -0.1) is 0 Å². The first kappa shape index (κ1) is 38.4. The van der Waals surface area contributed by atoms with Gasteiger partial charge in [-0.3, -0.25) is 18.4 Å². The SMILES string of the molecule is Cc1c(NC(=O)[C@@H](COCc2ccccc2)NC(=O)C(C)(C)NC(=O)OC(C)(C)C)ncn1SC(C(=O)N1CCC(C)CC1)c1ccccc1. The zero-order valence-electron chi connectivity index (χ0n) is 30.0. The lowest BCUT2D eigenvalue weighted by Gasteiger charge is -2.33. The van der Waals surface area contributed by atoms with Crippen LogP contribution in [0.1, 0.15) is 76.5 Å². The minimum atomic E-state index is -1.42. The Morgan fingerprint density at radius 1 is 0.960 bits per heavy atom. The number of likely N-dealkylation sites (tertiary alicyclic amines) is 1. The molecule has 0 radical (unpaired) electrons. The normalized spacial score (nSPS) is 15.1. The molecule has 1 fully saturated rings. The monoisotopic (exact) mass is 706 g/mol. The number of carbonyl (C=O) groups excluding carboxylic acids is 4. The van der Waals surface area contributed by atoms with Crippen LogP contribution in [0.25, 0.3) is 0 Å². The third kappa shape index (κ3) is 11.1. The molecule has 3 N–H and O–H groups in total. The van der Waals surface area contributed by atoms with Crippen LogP contribution in [0.15, 0.2) is 67.0 Å². The minimum absolute atomic E-state index is 0.0349. The fourth-order valence-corrected chi connectivity index (χ4v) is 6.31. The number of carbonyl (C=O) groups is 4. The number of piperidine rings is 1. The zero-order valence-corrected chi connectivity index (χ0v) is 30.8. The smallest absolute Gasteiger partial charge is 0.408 e. The van der Waals surface area contributed by atoms with E-state index in [1.165, 1.54) is 25.8 Å². The summed E-state index contributed by atoms with van der Waals surface area (Å²) in [4.78, 5) is 59.9. The van der Waals surface area contributed by atoms with Crippen molar-refractivity contribution in [2.24, 2.45) is 5.92 Å². The first-order valence-corrected chi connectivity index (χ1v) is 17.8. The number of ether oxygens (including phenoxy) is 2. The number of nitrogens with zero attached hydrogens (tertiary/aromatic N) is 3. The van der Waals surface area contributed by atoms with Crippen molar-refractivity contribution in [1.29, 1.82) is 0 Å². The van der Waals surface area contributed by atoms with E-state index in [4.69, 9.17) is 9.47 Å². The maximum Gasteiger partial charge on any atom is 0.408 e. The highest BCUT2D eigenvalue weighted by atomic mass is 32.2. The molecule has 3 aromatic rings. The molecule has 0 saturated carbocycles. The summed E-state index contributed by atoms with van der Waals surface area (Å²) < 4.78 is 13.0. The van der Waals surface area contributed by atoms with Crippen LogP contribution in [0, 0.1) is 12.8 Å². The highest BCUT2D eigenvalue weighted by Crippen LogP contribution is 2.35. The van der Waals surface area contributed by atoms with Gasteiger partial charge in [-0.1, -0.05) is 67.6 Å². The van der Waals surface area contributed by atoms with Crippen LogP contribution >= 0.6 is 11.9 Å². The average Bonchev–Trinajstić information content (AvgIpc) is 3.40. The molecule has 1 aliphatic rings. The number of alkyl carbamates (subject to hydrolysis) is 1. The van der Waals surface area contributed by atoms with Crippen LogP contribution in [0.3, 0.4) is 0 Å². The molecule has 1 aromatic heterocycles. The Morgan fingerprint density at radius 2 is 1.58 bits per heavy atom. The van der Waals surface area contributed by atoms with Gasteiger partial charge >= 0.3 is 6.09 Å². The number of hydrogen-bond donors (Lipinski definition) is 3. The molecule has 2 aromatic carbocycles. The first-order chi connectivity index (χ1) is 23.6. The second-order valence-electron chi connectivity index (χ2n) is 14.2. The second kappa shape index (κ2) is 17.0. The van der Waals surface area contributed by atoms with E-state index < -0.39 is 40.3 Å². The van der Waals surface area contributed by atoms with E-state index in [0.717, 1.165) is 37.1 Å². The maximum atomic E-state index is 13.8. The maximum absolute atomic E-state index is 13.8. The topological polar surface area (TPSA) is 144 Å². The molecule has 12 nitrogen and oxygen atoms in total. The van der Waals surface area contributed by atoms with Crippen LogP contribution in [0.4, 0.5) is 10.6 Å². The fraction of sp³-hybridized carbons (Fsp3) is 0.486. The van der Waals surface area contributed by atoms with Crippen molar-refractivity contribution < 1.29 is 28.7 Å². The summed E-state index contributed by atoms with van der Waals surface area (Å²) in [5.41, 5.74) is 0.218. The molecule has 1 saturated heterocycles. The highest BCUT2D eigenvalue weighted by Gasteiger charge is 2.35. The Hall–Kier alpha value is -4.36. The summed E-state index contributed by atoms with van der Waals surface area (Å²) in [5.74, 6) is -0.264. The molecule has 1 aliphatic heterocycles. The Morgan fingerprint density at radius 3 is 2.20 bits per heavy atom. The van der Waals surface area contributed by atoms with Gasteiger partial charge in [-0.05, 0) is 83.4 Å². The number of rotatable bonds is 13. The molecule has 50 heavy (non-hydrogen) atoms. The van der Waals surface area contributed by atoms with E-state index in [2.05, 4.69) is 27.9 Å². The largest absolute Gasteiger partial charge is 0.444 e. The summed E-state index contributed by atoms with van der Waals surface area (Å²) in [6.45, 7) is 13.7. The number of imidazole rings is 1. The number of benzene rings is 2. The Labute approximate surface area is 299 Å². The summed E-state index contributed by atoms with van der Waals surface area (Å²) >= 11 is 1.33. The first-order valence-electron chi connectivity index (χ1n) is 16.9. The van der Waals surface area contributed by atoms with Crippen LogP contribution in [0.5, 0.6) is 0 Å². The van der Waals surface area contributed by atoms with E-state index in [-0.39, 0.29) is 24.9 Å². The van der Waals surface area contributed by atoms with Gasteiger partial charge in [0.25, 0.3) is 5.91 Å². The van der Waals surface area contributed by atoms with Gasteiger partial charge in [0.05, 0.1) is 18.9 Å². The van der Waals surface area contributed by atoms with Gasteiger partial charge in [0.15, 0.2) is 5.82 Å². The summed E-state index contributed by atoms with van der Waals surface area (Å²) in [6, 6.07) is 18.0. The van der Waals surface area contributed by atoms with E-state index in [1.807, 2.05) is 65.6 Å². The molecule has 1 unspecified atom stereocenters. The predicted molar refractivity (Wildman–Crippen MR) is 194 cm³/mol. The number of nitrogens with one attached hydrogen (secondary N) is 3. The van der Waals surface area contributed by atoms with Crippen molar-refractivity contribution in [2.45, 2.75) is 90.3 Å². The lowest BCUT2D eigenvalue weighted by molar-refractivity contribution is -0.132. The Balaban J connectivity index is 1.49. The molecule has 2 heterocycles. The number of amides is 4. The quantitative estimate of drug-likeness (QED) is 0.208. The van der Waals surface area contributed by atoms with Crippen LogP contribution in [0.2, 0.25) is 0 Å². The van der Waals surface area contributed by atoms with Crippen LogP contribution in [-0.4, -0.2) is 74.5 Å². The van der Waals surface area contributed by atoms with E-state index >= 15 is 0 Å². The molecule has 0 bridgehead atoms. The molecule has 4 rings (SSSR count). The number of aromatic nitrogens is 2. The van der Waals surface area contributed by atoms with Crippen LogP contribution < -0.4 is 16.0 Å². The molecule has 13 heteroatoms. The van der Waals surface area contributed by atoms with Gasteiger partial charge in [-0.25, -0.2) is 9.78 Å². The summed E-state index contributed by atoms with van der Waals surface area (Å²) in [7, 11) is 0. The Kier molecular flexibility index (Phi) is 13.1. The molecular formula is C37H50N6O6S. The van der Waals surface area contributed by atoms with Crippen molar-refractivity contribution >= 4 is 41.6 Å². The number of hydrogen-bond acceptors (Lipinski definition) is 8. The minimum Gasteiger partial charge on any atom is -0.444 e. The van der Waals surface area contributed by atoms with E-state index in [0.29, 0.717) is 11.6 Å². The molecule has 2 atom stereocenters. The molecule has 0 spiro atoms. The van der Waals surface area contributed by atoms with Crippen molar-refractivity contribution in [3.63, 3.8) is 0 Å². The summed E-state index contributed by atoms with van der Waals surface area (Å²) in [6.07, 6.45) is 2.75. The average molecular weight is 707 g/mol. The lowest BCUT2D eigenvalue weighted by Crippen LogP contribution is -2.59.